The van der Waals surface area contributed by atoms with Gasteiger partial charge in [-0.25, -0.2) is 8.78 Å². The summed E-state index contributed by atoms with van der Waals surface area (Å²) in [6.07, 6.45) is -0.928. The Morgan fingerprint density at radius 1 is 1.33 bits per heavy atom. The van der Waals surface area contributed by atoms with Crippen molar-refractivity contribution in [2.24, 2.45) is 0 Å². The average molecular weight is 302 g/mol. The molecule has 0 bridgehead atoms. The predicted molar refractivity (Wildman–Crippen MR) is 72.7 cm³/mol. The summed E-state index contributed by atoms with van der Waals surface area (Å²) < 4.78 is 32.1. The Hall–Kier alpha value is -1.53. The van der Waals surface area contributed by atoms with Crippen molar-refractivity contribution in [3.8, 4) is 0 Å². The van der Waals surface area contributed by atoms with Crippen LogP contribution in [0, 0.1) is 11.6 Å². The summed E-state index contributed by atoms with van der Waals surface area (Å²) in [5.74, 6) is -3.06. The van der Waals surface area contributed by atoms with Crippen LogP contribution in [-0.2, 0) is 9.53 Å². The van der Waals surface area contributed by atoms with Crippen LogP contribution in [-0.4, -0.2) is 29.4 Å². The van der Waals surface area contributed by atoms with Crippen molar-refractivity contribution in [2.75, 3.05) is 13.2 Å². The maximum Gasteiger partial charge on any atom is 0.306 e. The summed E-state index contributed by atoms with van der Waals surface area (Å²) in [7, 11) is 0. The molecule has 0 aliphatic rings. The molecule has 2 N–H and O–H groups in total. The highest BCUT2D eigenvalue weighted by atomic mass is 19.2. The Labute approximate surface area is 122 Å². The molecule has 0 fully saturated rings. The van der Waals surface area contributed by atoms with Crippen LogP contribution in [0.25, 0.3) is 0 Å². The topological polar surface area (TPSA) is 66.8 Å². The molecule has 0 aliphatic carbocycles. The molecule has 2 atom stereocenters. The molecule has 21 heavy (non-hydrogen) atoms. The van der Waals surface area contributed by atoms with Gasteiger partial charge in [0, 0.05) is 5.56 Å². The van der Waals surface area contributed by atoms with Crippen molar-refractivity contribution < 1.29 is 28.5 Å². The van der Waals surface area contributed by atoms with Gasteiger partial charge >= 0.3 is 5.97 Å². The van der Waals surface area contributed by atoms with E-state index in [1.54, 1.807) is 6.92 Å². The van der Waals surface area contributed by atoms with Gasteiger partial charge in [0.25, 0.3) is 0 Å². The maximum atomic E-state index is 13.6. The first-order valence-corrected chi connectivity index (χ1v) is 6.87. The van der Waals surface area contributed by atoms with Crippen LogP contribution in [0.1, 0.15) is 49.8 Å². The number of ether oxygens (including phenoxy) is 1. The fourth-order valence-electron chi connectivity index (χ4n) is 2.13. The second-order valence-corrected chi connectivity index (χ2v) is 4.72. The van der Waals surface area contributed by atoms with E-state index in [9.17, 15) is 18.7 Å². The minimum absolute atomic E-state index is 0.0457. The Bertz CT molecular complexity index is 491. The lowest BCUT2D eigenvalue weighted by atomic mass is 9.91. The molecule has 0 spiro atoms. The van der Waals surface area contributed by atoms with Crippen LogP contribution in [0.15, 0.2) is 12.1 Å². The summed E-state index contributed by atoms with van der Waals surface area (Å²) in [4.78, 5) is 11.5. The third kappa shape index (κ3) is 4.47. The first-order chi connectivity index (χ1) is 9.94. The molecule has 1 aromatic carbocycles. The van der Waals surface area contributed by atoms with Crippen molar-refractivity contribution in [2.45, 2.75) is 38.7 Å². The number of esters is 1. The molecule has 0 radical (unpaired) electrons. The van der Waals surface area contributed by atoms with Crippen molar-refractivity contribution in [1.82, 2.24) is 0 Å². The lowest BCUT2D eigenvalue weighted by Crippen LogP contribution is -2.13. The summed E-state index contributed by atoms with van der Waals surface area (Å²) in [5.41, 5.74) is 0.0850. The zero-order valence-electron chi connectivity index (χ0n) is 12.1. The molecule has 0 saturated heterocycles. The molecule has 0 aromatic heterocycles. The molecule has 0 amide bonds. The van der Waals surface area contributed by atoms with Crippen LogP contribution >= 0.6 is 0 Å². The number of benzene rings is 1. The monoisotopic (exact) mass is 302 g/mol. The van der Waals surface area contributed by atoms with Crippen molar-refractivity contribution >= 4 is 5.97 Å². The molecular formula is C15H20F2O4. The summed E-state index contributed by atoms with van der Waals surface area (Å²) in [6.45, 7) is 3.04. The number of rotatable bonds is 7. The van der Waals surface area contributed by atoms with Gasteiger partial charge in [0.15, 0.2) is 11.6 Å². The van der Waals surface area contributed by atoms with Crippen LogP contribution in [0.5, 0.6) is 0 Å². The fraction of sp³-hybridized carbons (Fsp3) is 0.533. The van der Waals surface area contributed by atoms with E-state index in [1.807, 2.05) is 6.92 Å². The van der Waals surface area contributed by atoms with Gasteiger partial charge in [-0.15, -0.1) is 0 Å². The second-order valence-electron chi connectivity index (χ2n) is 4.72. The molecule has 4 nitrogen and oxygen atoms in total. The van der Waals surface area contributed by atoms with E-state index in [2.05, 4.69) is 0 Å². The minimum Gasteiger partial charge on any atom is -0.466 e. The Kier molecular flexibility index (Phi) is 6.71. The normalized spacial score (nSPS) is 13.8. The number of carbonyl (C=O) groups excluding carboxylic acids is 1. The van der Waals surface area contributed by atoms with E-state index in [4.69, 9.17) is 9.84 Å². The Morgan fingerprint density at radius 3 is 2.52 bits per heavy atom. The average Bonchev–Trinajstić information content (AvgIpc) is 2.47. The predicted octanol–water partition coefficient (Wildman–Crippen LogP) is 2.44. The van der Waals surface area contributed by atoms with Gasteiger partial charge in [-0.3, -0.25) is 4.79 Å². The van der Waals surface area contributed by atoms with Gasteiger partial charge in [0.2, 0.25) is 0 Å². The molecule has 1 aromatic rings. The molecule has 1 unspecified atom stereocenters. The summed E-state index contributed by atoms with van der Waals surface area (Å²) >= 11 is 0. The zero-order chi connectivity index (χ0) is 16.0. The van der Waals surface area contributed by atoms with Crippen LogP contribution in [0.3, 0.4) is 0 Å². The highest BCUT2D eigenvalue weighted by molar-refractivity contribution is 5.70. The lowest BCUT2D eigenvalue weighted by Gasteiger charge is -2.18. The standard InChI is InChI=1S/C15H20F2O4/c1-3-9(7-14(20)21-4-2)10-5-11(13(19)8-18)15(17)12(16)6-10/h5-6,9,13,18-19H,3-4,7-8H2,1-2H3/t9?,13-/m1/s1. The Balaban J connectivity index is 3.09. The number of carbonyl (C=O) groups is 1. The number of aliphatic hydroxyl groups is 2. The van der Waals surface area contributed by atoms with Crippen LogP contribution in [0.4, 0.5) is 8.78 Å². The highest BCUT2D eigenvalue weighted by Gasteiger charge is 2.22. The van der Waals surface area contributed by atoms with E-state index in [0.717, 1.165) is 6.07 Å². The first-order valence-electron chi connectivity index (χ1n) is 6.87. The quantitative estimate of drug-likeness (QED) is 0.759. The van der Waals surface area contributed by atoms with E-state index < -0.39 is 30.3 Å². The molecular weight excluding hydrogens is 282 g/mol. The highest BCUT2D eigenvalue weighted by Crippen LogP contribution is 2.29. The number of halogens is 2. The summed E-state index contributed by atoms with van der Waals surface area (Å²) in [5, 5.41) is 18.4. The van der Waals surface area contributed by atoms with Gasteiger partial charge in [-0.05, 0) is 37.0 Å². The van der Waals surface area contributed by atoms with Crippen molar-refractivity contribution in [3.05, 3.63) is 34.9 Å². The van der Waals surface area contributed by atoms with E-state index in [1.165, 1.54) is 6.07 Å². The molecule has 0 aliphatic heterocycles. The van der Waals surface area contributed by atoms with Crippen molar-refractivity contribution in [3.63, 3.8) is 0 Å². The SMILES string of the molecule is CCOC(=O)CC(CC)c1cc(F)c(F)c([C@H](O)CO)c1. The Morgan fingerprint density at radius 2 is 2.00 bits per heavy atom. The van der Waals surface area contributed by atoms with E-state index in [-0.39, 0.29) is 24.5 Å². The van der Waals surface area contributed by atoms with E-state index >= 15 is 0 Å². The van der Waals surface area contributed by atoms with Gasteiger partial charge in [0.1, 0.15) is 6.10 Å². The molecule has 6 heteroatoms. The van der Waals surface area contributed by atoms with Gasteiger partial charge in [0.05, 0.1) is 19.6 Å². The number of hydrogen-bond donors (Lipinski definition) is 2. The smallest absolute Gasteiger partial charge is 0.306 e. The van der Waals surface area contributed by atoms with E-state index in [0.29, 0.717) is 12.0 Å². The largest absolute Gasteiger partial charge is 0.466 e. The second kappa shape index (κ2) is 8.05. The van der Waals surface area contributed by atoms with Gasteiger partial charge in [-0.2, -0.15) is 0 Å². The fourth-order valence-corrected chi connectivity index (χ4v) is 2.13. The molecule has 118 valence electrons. The van der Waals surface area contributed by atoms with Gasteiger partial charge < -0.3 is 14.9 Å². The van der Waals surface area contributed by atoms with Crippen LogP contribution < -0.4 is 0 Å². The molecule has 0 saturated carbocycles. The van der Waals surface area contributed by atoms with Crippen LogP contribution in [0.2, 0.25) is 0 Å². The minimum atomic E-state index is -1.50. The zero-order valence-corrected chi connectivity index (χ0v) is 12.1. The summed E-state index contributed by atoms with van der Waals surface area (Å²) in [6, 6.07) is 2.29. The maximum absolute atomic E-state index is 13.6. The number of aliphatic hydroxyl groups excluding tert-OH is 2. The molecule has 0 heterocycles. The van der Waals surface area contributed by atoms with Crippen molar-refractivity contribution in [1.29, 1.82) is 0 Å². The molecule has 1 rings (SSSR count). The third-order valence-electron chi connectivity index (χ3n) is 3.29. The lowest BCUT2D eigenvalue weighted by molar-refractivity contribution is -0.143. The first kappa shape index (κ1) is 17.5. The third-order valence-corrected chi connectivity index (χ3v) is 3.29. The number of hydrogen-bond acceptors (Lipinski definition) is 4. The van der Waals surface area contributed by atoms with Gasteiger partial charge in [-0.1, -0.05) is 6.92 Å².